The number of ketones is 1. The van der Waals surface area contributed by atoms with Gasteiger partial charge in [0.05, 0.1) is 0 Å². The highest BCUT2D eigenvalue weighted by Crippen LogP contribution is 2.35. The lowest BCUT2D eigenvalue weighted by atomic mass is 10.1. The summed E-state index contributed by atoms with van der Waals surface area (Å²) < 4.78 is 15.9. The third kappa shape index (κ3) is 2.70. The summed E-state index contributed by atoms with van der Waals surface area (Å²) in [5, 5.41) is 0.527. The van der Waals surface area contributed by atoms with Gasteiger partial charge in [0.15, 0.2) is 23.9 Å². The van der Waals surface area contributed by atoms with Crippen LogP contribution < -0.4 is 14.2 Å². The van der Waals surface area contributed by atoms with Crippen molar-refractivity contribution in [2.75, 3.05) is 13.4 Å². The number of carbonyl (C=O) groups excluding carboxylic acids is 1. The summed E-state index contributed by atoms with van der Waals surface area (Å²) in [6, 6.07) is 12.0. The fourth-order valence-electron chi connectivity index (χ4n) is 1.86. The van der Waals surface area contributed by atoms with E-state index < -0.39 is 0 Å². The van der Waals surface area contributed by atoms with Crippen molar-refractivity contribution in [1.82, 2.24) is 0 Å². The van der Waals surface area contributed by atoms with Crippen LogP contribution in [0.15, 0.2) is 42.5 Å². The topological polar surface area (TPSA) is 44.8 Å². The fourth-order valence-corrected chi connectivity index (χ4v) is 2.05. The van der Waals surface area contributed by atoms with Crippen molar-refractivity contribution in [3.05, 3.63) is 53.1 Å². The summed E-state index contributed by atoms with van der Waals surface area (Å²) >= 11 is 5.85. The smallest absolute Gasteiger partial charge is 0.231 e. The molecule has 0 unspecified atom stereocenters. The Balaban J connectivity index is 1.66. The number of hydrogen-bond acceptors (Lipinski definition) is 4. The van der Waals surface area contributed by atoms with Crippen LogP contribution in [-0.4, -0.2) is 19.2 Å². The average Bonchev–Trinajstić information content (AvgIpc) is 2.92. The van der Waals surface area contributed by atoms with Gasteiger partial charge in [-0.2, -0.15) is 0 Å². The van der Waals surface area contributed by atoms with E-state index in [4.69, 9.17) is 25.8 Å². The van der Waals surface area contributed by atoms with Crippen LogP contribution >= 0.6 is 11.6 Å². The second kappa shape index (κ2) is 5.43. The van der Waals surface area contributed by atoms with E-state index in [0.717, 1.165) is 0 Å². The molecule has 3 rings (SSSR count). The molecule has 0 aromatic heterocycles. The van der Waals surface area contributed by atoms with Crippen molar-refractivity contribution in [3.8, 4) is 17.2 Å². The Kier molecular flexibility index (Phi) is 3.48. The first-order valence-electron chi connectivity index (χ1n) is 6.03. The average molecular weight is 291 g/mol. The molecule has 2 aromatic rings. The Bertz CT molecular complexity index is 654. The van der Waals surface area contributed by atoms with E-state index in [-0.39, 0.29) is 19.2 Å². The molecule has 0 amide bonds. The SMILES string of the molecule is O=C(COc1ccc2c(c1)OCO2)c1cccc(Cl)c1. The van der Waals surface area contributed by atoms with Crippen LogP contribution in [0.2, 0.25) is 5.02 Å². The van der Waals surface area contributed by atoms with Crippen molar-refractivity contribution < 1.29 is 19.0 Å². The van der Waals surface area contributed by atoms with Crippen molar-refractivity contribution >= 4 is 17.4 Å². The van der Waals surface area contributed by atoms with E-state index in [1.165, 1.54) is 0 Å². The number of hydrogen-bond donors (Lipinski definition) is 0. The molecule has 20 heavy (non-hydrogen) atoms. The highest BCUT2D eigenvalue weighted by Gasteiger charge is 2.14. The number of fused-ring (bicyclic) bond motifs is 1. The summed E-state index contributed by atoms with van der Waals surface area (Å²) in [5.41, 5.74) is 0.526. The molecular formula is C15H11ClO4. The molecule has 0 spiro atoms. The van der Waals surface area contributed by atoms with Gasteiger partial charge in [0.2, 0.25) is 6.79 Å². The Hall–Kier alpha value is -2.20. The predicted octanol–water partition coefficient (Wildman–Crippen LogP) is 3.33. The predicted molar refractivity (Wildman–Crippen MR) is 73.8 cm³/mol. The van der Waals surface area contributed by atoms with Crippen LogP contribution in [0.1, 0.15) is 10.4 Å². The van der Waals surface area contributed by atoms with Gasteiger partial charge < -0.3 is 14.2 Å². The largest absolute Gasteiger partial charge is 0.485 e. The third-order valence-electron chi connectivity index (χ3n) is 2.86. The summed E-state index contributed by atoms with van der Waals surface area (Å²) in [5.74, 6) is 1.73. The van der Waals surface area contributed by atoms with Gasteiger partial charge in [-0.05, 0) is 24.3 Å². The highest BCUT2D eigenvalue weighted by molar-refractivity contribution is 6.31. The molecule has 0 saturated carbocycles. The molecule has 1 aliphatic heterocycles. The molecule has 5 heteroatoms. The van der Waals surface area contributed by atoms with Gasteiger partial charge >= 0.3 is 0 Å². The van der Waals surface area contributed by atoms with Crippen LogP contribution in [0, 0.1) is 0 Å². The molecule has 2 aromatic carbocycles. The number of halogens is 1. The van der Waals surface area contributed by atoms with Crippen molar-refractivity contribution in [2.45, 2.75) is 0 Å². The summed E-state index contributed by atoms with van der Waals surface area (Å²) in [6.07, 6.45) is 0. The molecule has 0 atom stereocenters. The number of carbonyl (C=O) groups is 1. The molecule has 1 aliphatic rings. The van der Waals surface area contributed by atoms with Gasteiger partial charge in [-0.3, -0.25) is 4.79 Å². The molecule has 102 valence electrons. The van der Waals surface area contributed by atoms with Gasteiger partial charge in [-0.15, -0.1) is 0 Å². The zero-order valence-corrected chi connectivity index (χ0v) is 11.2. The van der Waals surface area contributed by atoms with Crippen LogP contribution in [0.25, 0.3) is 0 Å². The molecule has 0 fully saturated rings. The molecule has 1 heterocycles. The first kappa shape index (κ1) is 12.8. The normalized spacial score (nSPS) is 12.2. The van der Waals surface area contributed by atoms with E-state index in [0.29, 0.717) is 27.8 Å². The highest BCUT2D eigenvalue weighted by atomic mass is 35.5. The number of Topliss-reactive ketones (excluding diaryl/α,β-unsaturated/α-hetero) is 1. The summed E-state index contributed by atoms with van der Waals surface area (Å²) in [6.45, 7) is 0.153. The van der Waals surface area contributed by atoms with E-state index >= 15 is 0 Å². The van der Waals surface area contributed by atoms with Crippen LogP contribution in [-0.2, 0) is 0 Å². The standard InChI is InChI=1S/C15H11ClO4/c16-11-3-1-2-10(6-11)13(17)8-18-12-4-5-14-15(7-12)20-9-19-14/h1-7H,8-9H2. The van der Waals surface area contributed by atoms with E-state index in [9.17, 15) is 4.79 Å². The molecule has 0 bridgehead atoms. The monoisotopic (exact) mass is 290 g/mol. The maximum absolute atomic E-state index is 12.0. The van der Waals surface area contributed by atoms with Gasteiger partial charge in [-0.1, -0.05) is 23.7 Å². The van der Waals surface area contributed by atoms with Crippen LogP contribution in [0.3, 0.4) is 0 Å². The number of ether oxygens (including phenoxy) is 3. The number of rotatable bonds is 4. The summed E-state index contributed by atoms with van der Waals surface area (Å²) in [4.78, 5) is 12.0. The first-order valence-corrected chi connectivity index (χ1v) is 6.41. The lowest BCUT2D eigenvalue weighted by molar-refractivity contribution is 0.0921. The van der Waals surface area contributed by atoms with Gasteiger partial charge in [0.1, 0.15) is 5.75 Å². The Morgan fingerprint density at radius 1 is 1.15 bits per heavy atom. The van der Waals surface area contributed by atoms with Gasteiger partial charge in [0.25, 0.3) is 0 Å². The second-order valence-electron chi connectivity index (χ2n) is 4.24. The lowest BCUT2D eigenvalue weighted by Crippen LogP contribution is -2.11. The maximum Gasteiger partial charge on any atom is 0.231 e. The minimum Gasteiger partial charge on any atom is -0.485 e. The number of benzene rings is 2. The van der Waals surface area contributed by atoms with Crippen molar-refractivity contribution in [3.63, 3.8) is 0 Å². The van der Waals surface area contributed by atoms with Gasteiger partial charge in [0, 0.05) is 16.7 Å². The fraction of sp³-hybridized carbons (Fsp3) is 0.133. The lowest BCUT2D eigenvalue weighted by Gasteiger charge is -2.06. The van der Waals surface area contributed by atoms with E-state index in [1.54, 1.807) is 42.5 Å². The van der Waals surface area contributed by atoms with Crippen molar-refractivity contribution in [1.29, 1.82) is 0 Å². The Morgan fingerprint density at radius 2 is 2.00 bits per heavy atom. The van der Waals surface area contributed by atoms with Crippen molar-refractivity contribution in [2.24, 2.45) is 0 Å². The maximum atomic E-state index is 12.0. The molecule has 0 saturated heterocycles. The first-order chi connectivity index (χ1) is 9.72. The third-order valence-corrected chi connectivity index (χ3v) is 3.10. The van der Waals surface area contributed by atoms with Gasteiger partial charge in [-0.25, -0.2) is 0 Å². The molecule has 0 N–H and O–H groups in total. The zero-order valence-electron chi connectivity index (χ0n) is 10.5. The molecular weight excluding hydrogens is 280 g/mol. The Labute approximate surface area is 120 Å². The van der Waals surface area contributed by atoms with E-state index in [1.807, 2.05) is 0 Å². The van der Waals surface area contributed by atoms with Crippen LogP contribution in [0.4, 0.5) is 0 Å². The van der Waals surface area contributed by atoms with E-state index in [2.05, 4.69) is 0 Å². The molecule has 0 aliphatic carbocycles. The summed E-state index contributed by atoms with van der Waals surface area (Å²) in [7, 11) is 0. The zero-order chi connectivity index (χ0) is 13.9. The molecule has 0 radical (unpaired) electrons. The Morgan fingerprint density at radius 3 is 2.85 bits per heavy atom. The van der Waals surface area contributed by atoms with Crippen LogP contribution in [0.5, 0.6) is 17.2 Å². The molecule has 4 nitrogen and oxygen atoms in total. The quantitative estimate of drug-likeness (QED) is 0.810. The second-order valence-corrected chi connectivity index (χ2v) is 4.67. The minimum absolute atomic E-state index is 0.0556. The minimum atomic E-state index is -0.134.